The van der Waals surface area contributed by atoms with Crippen LogP contribution in [0.2, 0.25) is 5.02 Å². The van der Waals surface area contributed by atoms with Crippen molar-refractivity contribution in [3.63, 3.8) is 0 Å². The molecule has 0 saturated heterocycles. The summed E-state index contributed by atoms with van der Waals surface area (Å²) >= 11 is 5.77. The number of rotatable bonds is 7. The molecule has 2 aromatic rings. The lowest BCUT2D eigenvalue weighted by atomic mass is 10.2. The van der Waals surface area contributed by atoms with Crippen LogP contribution in [-0.2, 0) is 14.3 Å². The van der Waals surface area contributed by atoms with Crippen molar-refractivity contribution in [3.05, 3.63) is 63.2 Å². The summed E-state index contributed by atoms with van der Waals surface area (Å²) in [6.07, 6.45) is 0. The van der Waals surface area contributed by atoms with E-state index in [1.54, 1.807) is 12.1 Å². The van der Waals surface area contributed by atoms with Crippen LogP contribution < -0.4 is 10.1 Å². The first kappa shape index (κ1) is 19.2. The Morgan fingerprint density at radius 3 is 2.62 bits per heavy atom. The second-order valence-electron chi connectivity index (χ2n) is 5.18. The van der Waals surface area contributed by atoms with Gasteiger partial charge in [-0.15, -0.1) is 0 Å². The quantitative estimate of drug-likeness (QED) is 0.450. The van der Waals surface area contributed by atoms with Gasteiger partial charge >= 0.3 is 5.97 Å². The summed E-state index contributed by atoms with van der Waals surface area (Å²) in [6, 6.07) is 10.9. The average molecular weight is 379 g/mol. The number of carbonyl (C=O) groups excluding carboxylic acids is 2. The number of carbonyl (C=O) groups is 2. The van der Waals surface area contributed by atoms with Gasteiger partial charge in [-0.05, 0) is 30.7 Å². The van der Waals surface area contributed by atoms with Crippen LogP contribution >= 0.6 is 11.6 Å². The summed E-state index contributed by atoms with van der Waals surface area (Å²) in [5.41, 5.74) is 0.447. The zero-order valence-electron chi connectivity index (χ0n) is 13.7. The molecule has 0 saturated carbocycles. The lowest BCUT2D eigenvalue weighted by Crippen LogP contribution is -2.24. The Labute approximate surface area is 153 Å². The zero-order valence-corrected chi connectivity index (χ0v) is 14.5. The van der Waals surface area contributed by atoms with E-state index >= 15 is 0 Å². The molecule has 0 aromatic heterocycles. The summed E-state index contributed by atoms with van der Waals surface area (Å²) in [7, 11) is 0. The number of nitrogens with one attached hydrogen (secondary N) is 1. The van der Waals surface area contributed by atoms with Crippen molar-refractivity contribution in [2.24, 2.45) is 0 Å². The molecule has 0 aliphatic carbocycles. The molecule has 0 spiro atoms. The van der Waals surface area contributed by atoms with Crippen molar-refractivity contribution < 1.29 is 24.0 Å². The van der Waals surface area contributed by atoms with E-state index in [9.17, 15) is 19.7 Å². The maximum Gasteiger partial charge on any atom is 0.344 e. The van der Waals surface area contributed by atoms with Gasteiger partial charge in [-0.2, -0.15) is 0 Å². The van der Waals surface area contributed by atoms with Gasteiger partial charge in [0.1, 0.15) is 11.4 Å². The van der Waals surface area contributed by atoms with Crippen LogP contribution in [0.4, 0.5) is 11.4 Å². The minimum absolute atomic E-state index is 0.0836. The number of nitrogens with zero attached hydrogens (tertiary/aromatic N) is 1. The highest BCUT2D eigenvalue weighted by Gasteiger charge is 2.17. The van der Waals surface area contributed by atoms with Crippen LogP contribution in [0, 0.1) is 17.0 Å². The van der Waals surface area contributed by atoms with E-state index in [2.05, 4.69) is 5.32 Å². The number of anilines is 1. The van der Waals surface area contributed by atoms with E-state index in [-0.39, 0.29) is 23.0 Å². The second-order valence-corrected chi connectivity index (χ2v) is 5.62. The molecule has 0 aliphatic rings. The predicted molar refractivity (Wildman–Crippen MR) is 94.4 cm³/mol. The number of para-hydroxylation sites is 1. The van der Waals surface area contributed by atoms with E-state index in [0.29, 0.717) is 5.75 Å². The van der Waals surface area contributed by atoms with Crippen molar-refractivity contribution in [2.45, 2.75) is 6.92 Å². The molecule has 0 heterocycles. The monoisotopic (exact) mass is 378 g/mol. The second kappa shape index (κ2) is 8.82. The number of nitro groups is 1. The molecular formula is C17H15ClN2O6. The van der Waals surface area contributed by atoms with Crippen molar-refractivity contribution in [2.75, 3.05) is 18.5 Å². The Morgan fingerprint density at radius 1 is 1.19 bits per heavy atom. The number of aryl methyl sites for hydroxylation is 1. The van der Waals surface area contributed by atoms with Gasteiger partial charge in [-0.3, -0.25) is 14.9 Å². The third kappa shape index (κ3) is 5.45. The van der Waals surface area contributed by atoms with E-state index in [4.69, 9.17) is 21.1 Å². The summed E-state index contributed by atoms with van der Waals surface area (Å²) in [5.74, 6) is -0.952. The maximum atomic E-state index is 11.8. The van der Waals surface area contributed by atoms with Crippen molar-refractivity contribution in [3.8, 4) is 5.75 Å². The molecule has 0 unspecified atom stereocenters. The third-order valence-corrected chi connectivity index (χ3v) is 3.47. The molecular weight excluding hydrogens is 364 g/mol. The number of hydrogen-bond acceptors (Lipinski definition) is 6. The Balaban J connectivity index is 1.85. The molecule has 136 valence electrons. The maximum absolute atomic E-state index is 11.8. The highest BCUT2D eigenvalue weighted by atomic mass is 35.5. The number of nitro benzene ring substituents is 1. The van der Waals surface area contributed by atoms with Gasteiger partial charge in [0.15, 0.2) is 13.2 Å². The van der Waals surface area contributed by atoms with Crippen LogP contribution in [0.5, 0.6) is 5.75 Å². The van der Waals surface area contributed by atoms with Crippen LogP contribution in [0.1, 0.15) is 5.56 Å². The minimum atomic E-state index is -0.746. The molecule has 26 heavy (non-hydrogen) atoms. The molecule has 0 aliphatic heterocycles. The lowest BCUT2D eigenvalue weighted by molar-refractivity contribution is -0.383. The van der Waals surface area contributed by atoms with Gasteiger partial charge in [-0.1, -0.05) is 29.8 Å². The largest absolute Gasteiger partial charge is 0.482 e. The van der Waals surface area contributed by atoms with Crippen LogP contribution in [0.3, 0.4) is 0 Å². The summed E-state index contributed by atoms with van der Waals surface area (Å²) in [6.45, 7) is 0.848. The Bertz CT molecular complexity index is 840. The fourth-order valence-electron chi connectivity index (χ4n) is 2.00. The van der Waals surface area contributed by atoms with E-state index in [0.717, 1.165) is 5.56 Å². The van der Waals surface area contributed by atoms with E-state index < -0.39 is 23.4 Å². The summed E-state index contributed by atoms with van der Waals surface area (Å²) in [4.78, 5) is 33.8. The summed E-state index contributed by atoms with van der Waals surface area (Å²) < 4.78 is 10.1. The van der Waals surface area contributed by atoms with Gasteiger partial charge in [0.25, 0.3) is 11.6 Å². The van der Waals surface area contributed by atoms with Crippen LogP contribution in [0.15, 0.2) is 42.5 Å². The molecule has 0 bridgehead atoms. The number of ether oxygens (including phenoxy) is 2. The van der Waals surface area contributed by atoms with E-state index in [1.807, 2.05) is 19.1 Å². The fraction of sp³-hybridized carbons (Fsp3) is 0.176. The highest BCUT2D eigenvalue weighted by molar-refractivity contribution is 6.31. The molecule has 1 amide bonds. The highest BCUT2D eigenvalue weighted by Crippen LogP contribution is 2.27. The smallest absolute Gasteiger partial charge is 0.344 e. The average Bonchev–Trinajstić information content (AvgIpc) is 2.59. The van der Waals surface area contributed by atoms with Gasteiger partial charge in [0.05, 0.1) is 4.92 Å². The Hall–Kier alpha value is -3.13. The van der Waals surface area contributed by atoms with Crippen molar-refractivity contribution in [1.29, 1.82) is 0 Å². The number of benzene rings is 2. The standard InChI is InChI=1S/C17H15ClN2O6/c1-11-4-2-3-5-15(11)25-10-17(22)26-9-16(21)19-13-8-12(18)6-7-14(13)20(23)24/h2-8H,9-10H2,1H3,(H,19,21). The van der Waals surface area contributed by atoms with Gasteiger partial charge in [0.2, 0.25) is 0 Å². The molecule has 8 nitrogen and oxygen atoms in total. The molecule has 0 atom stereocenters. The first-order chi connectivity index (χ1) is 12.4. The predicted octanol–water partition coefficient (Wildman–Crippen LogP) is 3.12. The normalized spacial score (nSPS) is 10.1. The Kier molecular flexibility index (Phi) is 6.51. The van der Waals surface area contributed by atoms with Crippen molar-refractivity contribution >= 4 is 34.9 Å². The Morgan fingerprint density at radius 2 is 1.92 bits per heavy atom. The van der Waals surface area contributed by atoms with Crippen LogP contribution in [0.25, 0.3) is 0 Å². The first-order valence-corrected chi connectivity index (χ1v) is 7.82. The molecule has 0 radical (unpaired) electrons. The zero-order chi connectivity index (χ0) is 19.1. The molecule has 2 rings (SSSR count). The SMILES string of the molecule is Cc1ccccc1OCC(=O)OCC(=O)Nc1cc(Cl)ccc1[N+](=O)[O-]. The lowest BCUT2D eigenvalue weighted by Gasteiger charge is -2.09. The minimum Gasteiger partial charge on any atom is -0.482 e. The molecule has 1 N–H and O–H groups in total. The van der Waals surface area contributed by atoms with Gasteiger partial charge in [0, 0.05) is 11.1 Å². The number of esters is 1. The number of halogens is 1. The van der Waals surface area contributed by atoms with Crippen LogP contribution in [-0.4, -0.2) is 30.0 Å². The third-order valence-electron chi connectivity index (χ3n) is 3.23. The van der Waals surface area contributed by atoms with Gasteiger partial charge < -0.3 is 14.8 Å². The number of hydrogen-bond donors (Lipinski definition) is 1. The molecule has 0 fully saturated rings. The van der Waals surface area contributed by atoms with Gasteiger partial charge in [-0.25, -0.2) is 4.79 Å². The van der Waals surface area contributed by atoms with Crippen molar-refractivity contribution in [1.82, 2.24) is 0 Å². The fourth-order valence-corrected chi connectivity index (χ4v) is 2.17. The molecule has 9 heteroatoms. The van der Waals surface area contributed by atoms with E-state index in [1.165, 1.54) is 18.2 Å². The number of amides is 1. The summed E-state index contributed by atoms with van der Waals surface area (Å²) in [5, 5.41) is 13.4. The topological polar surface area (TPSA) is 108 Å². The first-order valence-electron chi connectivity index (χ1n) is 7.44. The molecule has 2 aromatic carbocycles.